The maximum atomic E-state index is 2.37. The van der Waals surface area contributed by atoms with Crippen LogP contribution in [0.2, 0.25) is 0 Å². The van der Waals surface area contributed by atoms with Gasteiger partial charge in [-0.25, -0.2) is 0 Å². The van der Waals surface area contributed by atoms with E-state index in [2.05, 4.69) is 239 Å². The van der Waals surface area contributed by atoms with E-state index < -0.39 is 0 Å². The summed E-state index contributed by atoms with van der Waals surface area (Å²) in [6.45, 7) is 2.14. The average molecular weight is 742 g/mol. The molecule has 9 aromatic carbocycles. The van der Waals surface area contributed by atoms with E-state index >= 15 is 0 Å². The highest BCUT2D eigenvalue weighted by molar-refractivity contribution is 6.11. The Morgan fingerprint density at radius 3 is 1.17 bits per heavy atom. The third kappa shape index (κ3) is 5.67. The lowest BCUT2D eigenvalue weighted by atomic mass is 10.0. The van der Waals surface area contributed by atoms with Crippen molar-refractivity contribution in [3.05, 3.63) is 224 Å². The van der Waals surface area contributed by atoms with Crippen LogP contribution in [0.5, 0.6) is 0 Å². The van der Waals surface area contributed by atoms with Crippen LogP contribution in [0.3, 0.4) is 0 Å². The Hall–Kier alpha value is -7.62. The van der Waals surface area contributed by atoms with Crippen molar-refractivity contribution >= 4 is 60.7 Å². The maximum absolute atomic E-state index is 2.37. The van der Waals surface area contributed by atoms with E-state index in [-0.39, 0.29) is 0 Å². The van der Waals surface area contributed by atoms with Gasteiger partial charge in [-0.15, -0.1) is 0 Å². The molecule has 0 bridgehead atoms. The number of benzene rings is 9. The molecular weight excluding hydrogens is 703 g/mol. The number of nitrogens with zero attached hydrogens (tertiary/aromatic N) is 3. The van der Waals surface area contributed by atoms with Crippen molar-refractivity contribution in [3.63, 3.8) is 0 Å². The first-order valence-electron chi connectivity index (χ1n) is 19.9. The lowest BCUT2D eigenvalue weighted by Crippen LogP contribution is -2.09. The number of fused-ring (bicyclic) bond motifs is 6. The molecule has 274 valence electrons. The van der Waals surface area contributed by atoms with Crippen LogP contribution in [0, 0.1) is 6.92 Å². The lowest BCUT2D eigenvalue weighted by molar-refractivity contribution is 1.18. The van der Waals surface area contributed by atoms with Gasteiger partial charge in [-0.05, 0) is 120 Å². The molecule has 0 saturated heterocycles. The Morgan fingerprint density at radius 1 is 0.293 bits per heavy atom. The van der Waals surface area contributed by atoms with Gasteiger partial charge in [0.15, 0.2) is 0 Å². The van der Waals surface area contributed by atoms with Crippen molar-refractivity contribution in [3.8, 4) is 33.6 Å². The molecule has 0 fully saturated rings. The summed E-state index contributed by atoms with van der Waals surface area (Å²) in [6, 6.07) is 79.2. The average Bonchev–Trinajstić information content (AvgIpc) is 3.81. The molecule has 0 aliphatic heterocycles. The Morgan fingerprint density at radius 2 is 0.655 bits per heavy atom. The summed E-state index contributed by atoms with van der Waals surface area (Å²) in [5.41, 5.74) is 16.5. The van der Waals surface area contributed by atoms with E-state index in [4.69, 9.17) is 0 Å². The molecule has 0 aliphatic carbocycles. The number of aromatic nitrogens is 2. The molecule has 0 N–H and O–H groups in total. The minimum absolute atomic E-state index is 1.11. The number of hydrogen-bond acceptors (Lipinski definition) is 1. The van der Waals surface area contributed by atoms with Gasteiger partial charge in [0.25, 0.3) is 0 Å². The third-order valence-corrected chi connectivity index (χ3v) is 11.6. The second kappa shape index (κ2) is 13.8. The topological polar surface area (TPSA) is 13.1 Å². The Labute approximate surface area is 337 Å². The van der Waals surface area contributed by atoms with Gasteiger partial charge in [-0.1, -0.05) is 133 Å². The van der Waals surface area contributed by atoms with E-state index in [1.54, 1.807) is 0 Å². The molecule has 0 saturated carbocycles. The Kier molecular flexibility index (Phi) is 8.04. The summed E-state index contributed by atoms with van der Waals surface area (Å²) in [6.07, 6.45) is 0. The zero-order chi connectivity index (χ0) is 38.6. The first-order valence-corrected chi connectivity index (χ1v) is 19.9. The summed E-state index contributed by atoms with van der Waals surface area (Å²) < 4.78 is 4.73. The normalized spacial score (nSPS) is 11.5. The molecule has 2 heterocycles. The number of aryl methyl sites for hydroxylation is 1. The van der Waals surface area contributed by atoms with Gasteiger partial charge in [-0.2, -0.15) is 0 Å². The fourth-order valence-electron chi connectivity index (χ4n) is 8.76. The number of para-hydroxylation sites is 4. The van der Waals surface area contributed by atoms with E-state index in [1.165, 1.54) is 77.1 Å². The van der Waals surface area contributed by atoms with Crippen molar-refractivity contribution in [2.24, 2.45) is 0 Å². The Bertz CT molecular complexity index is 3190. The molecule has 0 radical (unpaired) electrons. The second-order valence-electron chi connectivity index (χ2n) is 15.1. The molecule has 0 atom stereocenters. The number of rotatable bonds is 7. The predicted molar refractivity (Wildman–Crippen MR) is 245 cm³/mol. The van der Waals surface area contributed by atoms with Crippen LogP contribution in [0.1, 0.15) is 5.56 Å². The van der Waals surface area contributed by atoms with Gasteiger partial charge < -0.3 is 14.0 Å². The van der Waals surface area contributed by atoms with Gasteiger partial charge in [-0.3, -0.25) is 0 Å². The molecular formula is C55H39N3. The van der Waals surface area contributed by atoms with Crippen LogP contribution in [0.25, 0.3) is 77.2 Å². The van der Waals surface area contributed by atoms with Crippen LogP contribution in [0.4, 0.5) is 17.1 Å². The lowest BCUT2D eigenvalue weighted by Gasteiger charge is -2.26. The highest BCUT2D eigenvalue weighted by Gasteiger charge is 2.16. The summed E-state index contributed by atoms with van der Waals surface area (Å²) >= 11 is 0. The van der Waals surface area contributed by atoms with Crippen molar-refractivity contribution in [1.82, 2.24) is 9.13 Å². The quantitative estimate of drug-likeness (QED) is 0.159. The van der Waals surface area contributed by atoms with Crippen molar-refractivity contribution in [1.29, 1.82) is 0 Å². The van der Waals surface area contributed by atoms with Gasteiger partial charge in [0.1, 0.15) is 0 Å². The van der Waals surface area contributed by atoms with E-state index in [0.29, 0.717) is 0 Å². The first kappa shape index (κ1) is 33.7. The van der Waals surface area contributed by atoms with Crippen LogP contribution < -0.4 is 4.90 Å². The molecule has 2 aromatic heterocycles. The molecule has 0 amide bonds. The molecule has 58 heavy (non-hydrogen) atoms. The molecule has 3 nitrogen and oxygen atoms in total. The fourth-order valence-corrected chi connectivity index (χ4v) is 8.76. The molecule has 0 spiro atoms. The number of anilines is 3. The van der Waals surface area contributed by atoms with Crippen LogP contribution >= 0.6 is 0 Å². The Balaban J connectivity index is 0.920. The van der Waals surface area contributed by atoms with Gasteiger partial charge in [0.2, 0.25) is 0 Å². The third-order valence-electron chi connectivity index (χ3n) is 11.6. The predicted octanol–water partition coefficient (Wildman–Crippen LogP) is 15.0. The minimum atomic E-state index is 1.11. The molecule has 0 unspecified atom stereocenters. The van der Waals surface area contributed by atoms with Gasteiger partial charge in [0.05, 0.1) is 22.1 Å². The van der Waals surface area contributed by atoms with Crippen molar-refractivity contribution in [2.45, 2.75) is 6.92 Å². The standard InChI is InChI=1S/C55H39N3/c1-38-19-28-44(29-20-38)56(45-30-21-39(22-31-45)40-23-34-47(35-24-40)58-52-16-8-5-13-48(52)49-14-6-9-17-53(49)58)46-32-25-41(26-33-46)42-27-36-55-51(37-42)50-15-7-10-18-54(50)57(55)43-11-3-2-4-12-43/h2-37H,1H3. The summed E-state index contributed by atoms with van der Waals surface area (Å²) in [5.74, 6) is 0. The van der Waals surface area contributed by atoms with Crippen molar-refractivity contribution < 1.29 is 0 Å². The van der Waals surface area contributed by atoms with E-state index in [0.717, 1.165) is 22.7 Å². The second-order valence-corrected chi connectivity index (χ2v) is 15.1. The summed E-state index contributed by atoms with van der Waals surface area (Å²) in [7, 11) is 0. The van der Waals surface area contributed by atoms with E-state index in [1.807, 2.05) is 0 Å². The monoisotopic (exact) mass is 741 g/mol. The summed E-state index contributed by atoms with van der Waals surface area (Å²) in [4.78, 5) is 2.34. The van der Waals surface area contributed by atoms with E-state index in [9.17, 15) is 0 Å². The van der Waals surface area contributed by atoms with Crippen molar-refractivity contribution in [2.75, 3.05) is 4.90 Å². The smallest absolute Gasteiger partial charge is 0.0541 e. The maximum Gasteiger partial charge on any atom is 0.0541 e. The van der Waals surface area contributed by atoms with Gasteiger partial charge >= 0.3 is 0 Å². The first-order chi connectivity index (χ1) is 28.7. The largest absolute Gasteiger partial charge is 0.311 e. The highest BCUT2D eigenvalue weighted by atomic mass is 15.1. The van der Waals surface area contributed by atoms with Crippen LogP contribution in [-0.4, -0.2) is 9.13 Å². The fraction of sp³-hybridized carbons (Fsp3) is 0.0182. The summed E-state index contributed by atoms with van der Waals surface area (Å²) in [5, 5.41) is 5.06. The number of hydrogen-bond donors (Lipinski definition) is 0. The zero-order valence-electron chi connectivity index (χ0n) is 32.1. The highest BCUT2D eigenvalue weighted by Crippen LogP contribution is 2.39. The molecule has 11 aromatic rings. The van der Waals surface area contributed by atoms with Gasteiger partial charge in [0, 0.05) is 50.0 Å². The van der Waals surface area contributed by atoms with Crippen LogP contribution in [-0.2, 0) is 0 Å². The minimum Gasteiger partial charge on any atom is -0.311 e. The molecule has 3 heteroatoms. The van der Waals surface area contributed by atoms with Crippen LogP contribution in [0.15, 0.2) is 218 Å². The molecule has 0 aliphatic rings. The molecule has 11 rings (SSSR count). The zero-order valence-corrected chi connectivity index (χ0v) is 32.1. The SMILES string of the molecule is Cc1ccc(N(c2ccc(-c3ccc(-n4c5ccccc5c5ccccc54)cc3)cc2)c2ccc(-c3ccc4c(c3)c3ccccc3n4-c3ccccc3)cc2)cc1.